The molecule has 6 nitrogen and oxygen atoms in total. The Balaban J connectivity index is 1.76. The highest BCUT2D eigenvalue weighted by Crippen LogP contribution is 2.31. The van der Waals surface area contributed by atoms with Gasteiger partial charge in [-0.25, -0.2) is 0 Å². The molecule has 0 spiro atoms. The lowest BCUT2D eigenvalue weighted by Gasteiger charge is -2.32. The minimum Gasteiger partial charge on any atom is -0.486 e. The standard InChI is InChI=1S/C25H30Cl2N2O4/c1-16(24(31)28-25(2,3)4)29(15-18-7-8-19(26)14-20(18)27)23(30)10-6-17-5-9-21-22(13-17)33-12-11-32-21/h5,7-9,13-14,16H,6,10-12,15H2,1-4H3,(H,28,31)/t16-/m0/s1. The summed E-state index contributed by atoms with van der Waals surface area (Å²) in [5.41, 5.74) is 1.27. The first kappa shape index (κ1) is 25.2. The van der Waals surface area contributed by atoms with E-state index in [1.165, 1.54) is 0 Å². The summed E-state index contributed by atoms with van der Waals surface area (Å²) >= 11 is 12.4. The van der Waals surface area contributed by atoms with Gasteiger partial charge >= 0.3 is 0 Å². The van der Waals surface area contributed by atoms with Crippen molar-refractivity contribution in [3.63, 3.8) is 0 Å². The number of rotatable bonds is 7. The Morgan fingerprint density at radius 1 is 1.06 bits per heavy atom. The largest absolute Gasteiger partial charge is 0.486 e. The Morgan fingerprint density at radius 2 is 1.76 bits per heavy atom. The summed E-state index contributed by atoms with van der Waals surface area (Å²) in [7, 11) is 0. The molecule has 0 saturated carbocycles. The number of halogens is 2. The third kappa shape index (κ3) is 7.02. The quantitative estimate of drug-likeness (QED) is 0.588. The van der Waals surface area contributed by atoms with E-state index in [1.54, 1.807) is 30.0 Å². The third-order valence-electron chi connectivity index (χ3n) is 5.26. The Labute approximate surface area is 205 Å². The van der Waals surface area contributed by atoms with Gasteiger partial charge in [0.1, 0.15) is 19.3 Å². The van der Waals surface area contributed by atoms with Gasteiger partial charge in [0.15, 0.2) is 11.5 Å². The van der Waals surface area contributed by atoms with Crippen molar-refractivity contribution in [2.75, 3.05) is 13.2 Å². The summed E-state index contributed by atoms with van der Waals surface area (Å²) in [5.74, 6) is 1.03. The molecule has 2 aromatic rings. The predicted octanol–water partition coefficient (Wildman–Crippen LogP) is 5.03. The van der Waals surface area contributed by atoms with Crippen molar-refractivity contribution in [1.29, 1.82) is 0 Å². The number of nitrogens with zero attached hydrogens (tertiary/aromatic N) is 1. The lowest BCUT2D eigenvalue weighted by Crippen LogP contribution is -2.52. The smallest absolute Gasteiger partial charge is 0.242 e. The normalized spacial score (nSPS) is 13.9. The highest BCUT2D eigenvalue weighted by molar-refractivity contribution is 6.35. The Hall–Kier alpha value is -2.44. The van der Waals surface area contributed by atoms with Crippen LogP contribution >= 0.6 is 23.2 Å². The van der Waals surface area contributed by atoms with Crippen LogP contribution in [0.4, 0.5) is 0 Å². The molecule has 1 atom stereocenters. The van der Waals surface area contributed by atoms with Gasteiger partial charge in [0.2, 0.25) is 11.8 Å². The highest BCUT2D eigenvalue weighted by Gasteiger charge is 2.28. The number of carbonyl (C=O) groups excluding carboxylic acids is 2. The van der Waals surface area contributed by atoms with Crippen LogP contribution in [0, 0.1) is 0 Å². The molecule has 1 aliphatic rings. The van der Waals surface area contributed by atoms with Gasteiger partial charge in [-0.3, -0.25) is 9.59 Å². The van der Waals surface area contributed by atoms with Crippen molar-refractivity contribution in [2.45, 2.75) is 58.7 Å². The van der Waals surface area contributed by atoms with Crippen molar-refractivity contribution in [2.24, 2.45) is 0 Å². The molecule has 0 radical (unpaired) electrons. The van der Waals surface area contributed by atoms with Gasteiger partial charge in [-0.2, -0.15) is 0 Å². The lowest BCUT2D eigenvalue weighted by atomic mass is 10.1. The van der Waals surface area contributed by atoms with E-state index < -0.39 is 11.6 Å². The van der Waals surface area contributed by atoms with Crippen molar-refractivity contribution >= 4 is 35.0 Å². The van der Waals surface area contributed by atoms with E-state index in [0.717, 1.165) is 11.1 Å². The lowest BCUT2D eigenvalue weighted by molar-refractivity contribution is -0.141. The van der Waals surface area contributed by atoms with E-state index in [2.05, 4.69) is 5.32 Å². The molecular weight excluding hydrogens is 463 g/mol. The number of benzene rings is 2. The van der Waals surface area contributed by atoms with E-state index in [1.807, 2.05) is 39.0 Å². The average Bonchev–Trinajstić information content (AvgIpc) is 2.75. The van der Waals surface area contributed by atoms with Gasteiger partial charge in [-0.1, -0.05) is 35.3 Å². The number of ether oxygens (including phenoxy) is 2. The minimum atomic E-state index is -0.677. The first-order valence-electron chi connectivity index (χ1n) is 11.0. The molecule has 1 aliphatic heterocycles. The SMILES string of the molecule is C[C@@H](C(=O)NC(C)(C)C)N(Cc1ccc(Cl)cc1Cl)C(=O)CCc1ccc2c(c1)OCCO2. The molecule has 1 N–H and O–H groups in total. The predicted molar refractivity (Wildman–Crippen MR) is 130 cm³/mol. The highest BCUT2D eigenvalue weighted by atomic mass is 35.5. The Bertz CT molecular complexity index is 1020. The molecule has 178 valence electrons. The Kier molecular flexibility index (Phi) is 8.14. The summed E-state index contributed by atoms with van der Waals surface area (Å²) < 4.78 is 11.2. The van der Waals surface area contributed by atoms with Gasteiger partial charge in [-0.15, -0.1) is 0 Å². The van der Waals surface area contributed by atoms with Gasteiger partial charge in [0.05, 0.1) is 0 Å². The first-order chi connectivity index (χ1) is 15.5. The average molecular weight is 493 g/mol. The number of fused-ring (bicyclic) bond motifs is 1. The molecule has 8 heteroatoms. The zero-order chi connectivity index (χ0) is 24.2. The number of aryl methyl sites for hydroxylation is 1. The zero-order valence-electron chi connectivity index (χ0n) is 19.4. The van der Waals surface area contributed by atoms with Crippen LogP contribution in [-0.4, -0.2) is 41.5 Å². The topological polar surface area (TPSA) is 67.9 Å². The van der Waals surface area contributed by atoms with Gasteiger partial charge in [-0.05, 0) is 69.5 Å². The summed E-state index contributed by atoms with van der Waals surface area (Å²) in [6, 6.07) is 10.1. The van der Waals surface area contributed by atoms with E-state index >= 15 is 0 Å². The van der Waals surface area contributed by atoms with E-state index in [-0.39, 0.29) is 24.8 Å². The summed E-state index contributed by atoms with van der Waals surface area (Å²) in [4.78, 5) is 27.8. The summed E-state index contributed by atoms with van der Waals surface area (Å²) in [5, 5.41) is 3.92. The summed E-state index contributed by atoms with van der Waals surface area (Å²) in [6.07, 6.45) is 0.742. The second kappa shape index (κ2) is 10.7. The van der Waals surface area contributed by atoms with Crippen LogP contribution in [0.2, 0.25) is 10.0 Å². The second-order valence-corrected chi connectivity index (χ2v) is 9.99. The maximum absolute atomic E-state index is 13.3. The maximum atomic E-state index is 13.3. The Morgan fingerprint density at radius 3 is 2.42 bits per heavy atom. The van der Waals surface area contributed by atoms with Crippen LogP contribution < -0.4 is 14.8 Å². The molecule has 0 saturated heterocycles. The molecule has 0 bridgehead atoms. The fourth-order valence-corrected chi connectivity index (χ4v) is 4.00. The monoisotopic (exact) mass is 492 g/mol. The van der Waals surface area contributed by atoms with Crippen LogP contribution in [-0.2, 0) is 22.6 Å². The van der Waals surface area contributed by atoms with Crippen molar-refractivity contribution in [3.8, 4) is 11.5 Å². The van der Waals surface area contributed by atoms with E-state index in [4.69, 9.17) is 32.7 Å². The van der Waals surface area contributed by atoms with Gasteiger partial charge in [0, 0.05) is 28.5 Å². The van der Waals surface area contributed by atoms with Crippen LogP contribution in [0.5, 0.6) is 11.5 Å². The fraction of sp³-hybridized carbons (Fsp3) is 0.440. The molecule has 3 rings (SSSR count). The van der Waals surface area contributed by atoms with Crippen LogP contribution in [0.3, 0.4) is 0 Å². The van der Waals surface area contributed by atoms with Crippen LogP contribution in [0.1, 0.15) is 45.2 Å². The summed E-state index contributed by atoms with van der Waals surface area (Å²) in [6.45, 7) is 8.68. The molecule has 2 amide bonds. The number of carbonyl (C=O) groups is 2. The maximum Gasteiger partial charge on any atom is 0.242 e. The van der Waals surface area contributed by atoms with Gasteiger partial charge in [0.25, 0.3) is 0 Å². The number of nitrogens with one attached hydrogen (secondary N) is 1. The fourth-order valence-electron chi connectivity index (χ4n) is 3.53. The molecule has 0 aromatic heterocycles. The second-order valence-electron chi connectivity index (χ2n) is 9.15. The minimum absolute atomic E-state index is 0.146. The number of hydrogen-bond acceptors (Lipinski definition) is 4. The molecule has 2 aromatic carbocycles. The molecule has 33 heavy (non-hydrogen) atoms. The molecular formula is C25H30Cl2N2O4. The van der Waals surface area contributed by atoms with E-state index in [9.17, 15) is 9.59 Å². The molecule has 0 aliphatic carbocycles. The first-order valence-corrected chi connectivity index (χ1v) is 11.7. The number of amides is 2. The third-order valence-corrected chi connectivity index (χ3v) is 5.84. The van der Waals surface area contributed by atoms with Crippen molar-refractivity contribution in [3.05, 3.63) is 57.6 Å². The van der Waals surface area contributed by atoms with E-state index in [0.29, 0.717) is 41.2 Å². The zero-order valence-corrected chi connectivity index (χ0v) is 20.9. The number of hydrogen-bond donors (Lipinski definition) is 1. The van der Waals surface area contributed by atoms with Crippen molar-refractivity contribution in [1.82, 2.24) is 10.2 Å². The molecule has 0 unspecified atom stereocenters. The van der Waals surface area contributed by atoms with Crippen LogP contribution in [0.25, 0.3) is 0 Å². The van der Waals surface area contributed by atoms with Gasteiger partial charge < -0.3 is 19.7 Å². The molecule has 1 heterocycles. The molecule has 0 fully saturated rings. The van der Waals surface area contributed by atoms with Crippen LogP contribution in [0.15, 0.2) is 36.4 Å². The van der Waals surface area contributed by atoms with Crippen molar-refractivity contribution < 1.29 is 19.1 Å².